The minimum Gasteiger partial charge on any atom is -0.462 e. The third-order valence-electron chi connectivity index (χ3n) is 3.40. The number of hydrogen-bond donors (Lipinski definition) is 1. The third kappa shape index (κ3) is 4.07. The van der Waals surface area contributed by atoms with Gasteiger partial charge in [0.1, 0.15) is 0 Å². The van der Waals surface area contributed by atoms with E-state index >= 15 is 0 Å². The molecule has 2 rings (SSSR count). The van der Waals surface area contributed by atoms with E-state index in [2.05, 4.69) is 19.2 Å². The predicted octanol–water partition coefficient (Wildman–Crippen LogP) is 1.94. The van der Waals surface area contributed by atoms with Crippen molar-refractivity contribution in [2.24, 2.45) is 5.92 Å². The maximum atomic E-state index is 11.8. The monoisotopic (exact) mass is 304 g/mol. The lowest BCUT2D eigenvalue weighted by atomic mass is 10.1. The first-order valence-electron chi connectivity index (χ1n) is 7.31. The number of hydrogen-bond acceptors (Lipinski definition) is 4. The summed E-state index contributed by atoms with van der Waals surface area (Å²) in [5, 5.41) is 2.46. The molecule has 6 heteroatoms. The van der Waals surface area contributed by atoms with Gasteiger partial charge in [-0.3, -0.25) is 9.69 Å². The fraction of sp³-hybridized carbons (Fsp3) is 0.438. The Bertz CT molecular complexity index is 550. The Kier molecular flexibility index (Phi) is 5.14. The molecule has 0 saturated carbocycles. The van der Waals surface area contributed by atoms with E-state index in [-0.39, 0.29) is 31.0 Å². The molecule has 118 valence electrons. The number of carbonyl (C=O) groups excluding carboxylic acids is 3. The molecular formula is C16H20N2O4. The number of imide groups is 1. The first-order chi connectivity index (χ1) is 10.5. The van der Waals surface area contributed by atoms with Crippen molar-refractivity contribution in [2.75, 3.05) is 13.2 Å². The van der Waals surface area contributed by atoms with Crippen LogP contribution in [-0.2, 0) is 16.1 Å². The fourth-order valence-electron chi connectivity index (χ4n) is 2.01. The van der Waals surface area contributed by atoms with Crippen LogP contribution in [0.15, 0.2) is 24.3 Å². The maximum Gasteiger partial charge on any atom is 0.338 e. The van der Waals surface area contributed by atoms with Crippen LogP contribution >= 0.6 is 0 Å². The summed E-state index contributed by atoms with van der Waals surface area (Å²) in [5.41, 5.74) is 1.24. The second kappa shape index (κ2) is 7.06. The Morgan fingerprint density at radius 1 is 1.27 bits per heavy atom. The van der Waals surface area contributed by atoms with E-state index in [4.69, 9.17) is 4.74 Å². The first-order valence-corrected chi connectivity index (χ1v) is 7.31. The van der Waals surface area contributed by atoms with Gasteiger partial charge in [0.15, 0.2) is 0 Å². The second-order valence-corrected chi connectivity index (χ2v) is 5.65. The van der Waals surface area contributed by atoms with Crippen molar-refractivity contribution in [3.63, 3.8) is 0 Å². The molecular weight excluding hydrogens is 284 g/mol. The Labute approximate surface area is 129 Å². The van der Waals surface area contributed by atoms with Crippen LogP contribution in [0.5, 0.6) is 0 Å². The molecule has 6 nitrogen and oxygen atoms in total. The normalized spacial score (nSPS) is 14.4. The molecule has 1 saturated heterocycles. The Morgan fingerprint density at radius 3 is 2.50 bits per heavy atom. The minimum atomic E-state index is -0.387. The predicted molar refractivity (Wildman–Crippen MR) is 80.1 cm³/mol. The van der Waals surface area contributed by atoms with Crippen LogP contribution < -0.4 is 5.32 Å². The molecule has 1 aliphatic rings. The molecule has 0 radical (unpaired) electrons. The number of carbonyl (C=O) groups is 3. The molecule has 0 atom stereocenters. The van der Waals surface area contributed by atoms with Crippen LogP contribution in [0, 0.1) is 5.92 Å². The molecule has 0 bridgehead atoms. The van der Waals surface area contributed by atoms with Crippen molar-refractivity contribution in [1.29, 1.82) is 0 Å². The standard InChI is InChI=1S/C16H20N2O4/c1-11(2)7-8-22-15(20)13-5-3-12(4-6-13)10-18-14(19)9-17-16(18)21/h3-6,11H,7-10H2,1-2H3,(H,17,21). The van der Waals surface area contributed by atoms with Gasteiger partial charge in [-0.15, -0.1) is 0 Å². The van der Waals surface area contributed by atoms with Gasteiger partial charge in [0.05, 0.1) is 25.3 Å². The molecule has 1 aliphatic heterocycles. The molecule has 0 aliphatic carbocycles. The van der Waals surface area contributed by atoms with Crippen LogP contribution in [0.1, 0.15) is 36.2 Å². The highest BCUT2D eigenvalue weighted by Crippen LogP contribution is 2.11. The summed E-state index contributed by atoms with van der Waals surface area (Å²) >= 11 is 0. The SMILES string of the molecule is CC(C)CCOC(=O)c1ccc(CN2C(=O)CNC2=O)cc1. The number of nitrogens with one attached hydrogen (secondary N) is 1. The van der Waals surface area contributed by atoms with Crippen molar-refractivity contribution in [3.05, 3.63) is 35.4 Å². The number of urea groups is 1. The molecule has 1 aromatic carbocycles. The molecule has 1 fully saturated rings. The lowest BCUT2D eigenvalue weighted by Gasteiger charge is -2.12. The molecule has 22 heavy (non-hydrogen) atoms. The number of rotatable bonds is 6. The van der Waals surface area contributed by atoms with Crippen molar-refractivity contribution in [1.82, 2.24) is 10.2 Å². The zero-order chi connectivity index (χ0) is 16.1. The van der Waals surface area contributed by atoms with Gasteiger partial charge in [-0.05, 0) is 30.0 Å². The minimum absolute atomic E-state index is 0.0408. The van der Waals surface area contributed by atoms with Crippen molar-refractivity contribution in [3.8, 4) is 0 Å². The van der Waals surface area contributed by atoms with E-state index in [1.807, 2.05) is 0 Å². The van der Waals surface area contributed by atoms with Crippen molar-refractivity contribution >= 4 is 17.9 Å². The van der Waals surface area contributed by atoms with Crippen LogP contribution in [0.25, 0.3) is 0 Å². The largest absolute Gasteiger partial charge is 0.462 e. The van der Waals surface area contributed by atoms with Crippen LogP contribution in [-0.4, -0.2) is 36.0 Å². The van der Waals surface area contributed by atoms with Gasteiger partial charge in [-0.2, -0.15) is 0 Å². The van der Waals surface area contributed by atoms with E-state index < -0.39 is 0 Å². The van der Waals surface area contributed by atoms with Gasteiger partial charge in [0, 0.05) is 0 Å². The number of esters is 1. The van der Waals surface area contributed by atoms with E-state index in [0.717, 1.165) is 16.9 Å². The van der Waals surface area contributed by atoms with Crippen LogP contribution in [0.4, 0.5) is 4.79 Å². The summed E-state index contributed by atoms with van der Waals surface area (Å²) in [7, 11) is 0. The fourth-order valence-corrected chi connectivity index (χ4v) is 2.01. The summed E-state index contributed by atoms with van der Waals surface area (Å²) < 4.78 is 5.18. The van der Waals surface area contributed by atoms with E-state index in [1.165, 1.54) is 0 Å². The smallest absolute Gasteiger partial charge is 0.338 e. The van der Waals surface area contributed by atoms with Gasteiger partial charge in [0.25, 0.3) is 0 Å². The number of benzene rings is 1. The van der Waals surface area contributed by atoms with Gasteiger partial charge >= 0.3 is 12.0 Å². The Morgan fingerprint density at radius 2 is 1.95 bits per heavy atom. The molecule has 0 aromatic heterocycles. The summed E-state index contributed by atoms with van der Waals surface area (Å²) in [6.45, 7) is 4.78. The zero-order valence-electron chi connectivity index (χ0n) is 12.8. The highest BCUT2D eigenvalue weighted by Gasteiger charge is 2.28. The van der Waals surface area contributed by atoms with Crippen LogP contribution in [0.3, 0.4) is 0 Å². The van der Waals surface area contributed by atoms with Crippen molar-refractivity contribution < 1.29 is 19.1 Å². The summed E-state index contributed by atoms with van der Waals surface area (Å²) in [5.74, 6) is -0.122. The highest BCUT2D eigenvalue weighted by atomic mass is 16.5. The lowest BCUT2D eigenvalue weighted by molar-refractivity contribution is -0.125. The second-order valence-electron chi connectivity index (χ2n) is 5.65. The number of ether oxygens (including phenoxy) is 1. The number of amides is 3. The molecule has 0 spiro atoms. The molecule has 0 unspecified atom stereocenters. The molecule has 1 aromatic rings. The number of nitrogens with zero attached hydrogens (tertiary/aromatic N) is 1. The van der Waals surface area contributed by atoms with Gasteiger partial charge in [-0.25, -0.2) is 9.59 Å². The van der Waals surface area contributed by atoms with E-state index in [9.17, 15) is 14.4 Å². The summed E-state index contributed by atoms with van der Waals surface area (Å²) in [4.78, 5) is 35.9. The topological polar surface area (TPSA) is 75.7 Å². The average molecular weight is 304 g/mol. The Hall–Kier alpha value is -2.37. The zero-order valence-corrected chi connectivity index (χ0v) is 12.8. The van der Waals surface area contributed by atoms with E-state index in [1.54, 1.807) is 24.3 Å². The maximum absolute atomic E-state index is 11.8. The molecule has 1 heterocycles. The van der Waals surface area contributed by atoms with Gasteiger partial charge < -0.3 is 10.1 Å². The lowest BCUT2D eigenvalue weighted by Crippen LogP contribution is -2.30. The van der Waals surface area contributed by atoms with Crippen LogP contribution in [0.2, 0.25) is 0 Å². The van der Waals surface area contributed by atoms with Crippen molar-refractivity contribution in [2.45, 2.75) is 26.8 Å². The quantitative estimate of drug-likeness (QED) is 0.644. The first kappa shape index (κ1) is 16.0. The third-order valence-corrected chi connectivity index (χ3v) is 3.40. The average Bonchev–Trinajstić information content (AvgIpc) is 2.79. The van der Waals surface area contributed by atoms with Gasteiger partial charge in [-0.1, -0.05) is 26.0 Å². The summed E-state index contributed by atoms with van der Waals surface area (Å²) in [6.07, 6.45) is 0.829. The van der Waals surface area contributed by atoms with Gasteiger partial charge in [0.2, 0.25) is 5.91 Å². The highest BCUT2D eigenvalue weighted by molar-refractivity contribution is 6.01. The summed E-state index contributed by atoms with van der Waals surface area (Å²) in [6, 6.07) is 6.34. The molecule has 3 amide bonds. The Balaban J connectivity index is 1.91. The molecule has 1 N–H and O–H groups in total. The van der Waals surface area contributed by atoms with E-state index in [0.29, 0.717) is 18.1 Å².